The van der Waals surface area contributed by atoms with E-state index in [1.54, 1.807) is 0 Å². The molecule has 3 rings (SSSR count). The number of pyridine rings is 1. The maximum Gasteiger partial charge on any atom is 0.147 e. The first-order chi connectivity index (χ1) is 9.72. The van der Waals surface area contributed by atoms with Crippen molar-refractivity contribution < 1.29 is 0 Å². The summed E-state index contributed by atoms with van der Waals surface area (Å²) in [6, 6.07) is 10.4. The van der Waals surface area contributed by atoms with E-state index in [2.05, 4.69) is 39.9 Å². The fourth-order valence-electron chi connectivity index (χ4n) is 2.30. The summed E-state index contributed by atoms with van der Waals surface area (Å²) in [5.41, 5.74) is 11.4. The molecule has 0 spiro atoms. The zero-order valence-corrected chi connectivity index (χ0v) is 11.5. The number of hydrogen-bond acceptors (Lipinski definition) is 4. The summed E-state index contributed by atoms with van der Waals surface area (Å²) in [6.07, 6.45) is 5.10. The lowest BCUT2D eigenvalue weighted by Crippen LogP contribution is -2.06. The van der Waals surface area contributed by atoms with Gasteiger partial charge in [0, 0.05) is 17.9 Å². The van der Waals surface area contributed by atoms with E-state index in [0.29, 0.717) is 5.82 Å². The molecule has 0 aliphatic carbocycles. The first kappa shape index (κ1) is 12.5. The van der Waals surface area contributed by atoms with Crippen molar-refractivity contribution in [2.45, 2.75) is 19.9 Å². The van der Waals surface area contributed by atoms with Crippen LogP contribution in [-0.4, -0.2) is 4.98 Å². The molecular formula is C16H18N4. The number of hydrogen-bond donors (Lipinski definition) is 3. The fourth-order valence-corrected chi connectivity index (χ4v) is 2.30. The monoisotopic (exact) mass is 266 g/mol. The molecule has 20 heavy (non-hydrogen) atoms. The number of aromatic nitrogens is 1. The van der Waals surface area contributed by atoms with Crippen LogP contribution >= 0.6 is 0 Å². The van der Waals surface area contributed by atoms with Gasteiger partial charge < -0.3 is 16.4 Å². The zero-order valence-electron chi connectivity index (χ0n) is 11.5. The molecule has 4 nitrogen and oxygen atoms in total. The molecule has 0 radical (unpaired) electrons. The predicted octanol–water partition coefficient (Wildman–Crippen LogP) is 3.07. The zero-order chi connectivity index (χ0) is 13.9. The largest absolute Gasteiger partial charge is 0.382 e. The Balaban J connectivity index is 1.72. The van der Waals surface area contributed by atoms with Crippen molar-refractivity contribution >= 4 is 17.2 Å². The molecule has 102 valence electrons. The van der Waals surface area contributed by atoms with E-state index in [0.717, 1.165) is 24.3 Å². The molecule has 2 heterocycles. The summed E-state index contributed by atoms with van der Waals surface area (Å²) in [5.74, 6) is 0.545. The molecule has 2 aromatic rings. The number of fused-ring (bicyclic) bond motifs is 1. The van der Waals surface area contributed by atoms with Crippen molar-refractivity contribution in [3.63, 3.8) is 0 Å². The summed E-state index contributed by atoms with van der Waals surface area (Å²) in [6.45, 7) is 2.66. The van der Waals surface area contributed by atoms with Crippen molar-refractivity contribution in [3.05, 3.63) is 59.4 Å². The van der Waals surface area contributed by atoms with Crippen LogP contribution in [0.25, 0.3) is 0 Å². The van der Waals surface area contributed by atoms with E-state index < -0.39 is 0 Å². The smallest absolute Gasteiger partial charge is 0.147 e. The standard InChI is InChI=1S/C16H18N4/c1-11-4-7-14(16(17)20-11)19-10-12-5-6-13-3-2-8-18-15(13)9-12/h2,4-9,18-19H,3,10H2,1H3,(H2,17,20). The molecule has 0 bridgehead atoms. The molecule has 0 unspecified atom stereocenters. The highest BCUT2D eigenvalue weighted by molar-refractivity contribution is 5.62. The molecular weight excluding hydrogens is 248 g/mol. The Hall–Kier alpha value is -2.49. The predicted molar refractivity (Wildman–Crippen MR) is 83.6 cm³/mol. The molecule has 0 saturated carbocycles. The molecule has 0 saturated heterocycles. The molecule has 1 aliphatic heterocycles. The highest BCUT2D eigenvalue weighted by Crippen LogP contribution is 2.23. The lowest BCUT2D eigenvalue weighted by molar-refractivity contribution is 1.11. The van der Waals surface area contributed by atoms with Crippen LogP contribution in [-0.2, 0) is 13.0 Å². The highest BCUT2D eigenvalue weighted by Gasteiger charge is 2.06. The van der Waals surface area contributed by atoms with Crippen molar-refractivity contribution in [3.8, 4) is 0 Å². The fraction of sp³-hybridized carbons (Fsp3) is 0.188. The highest BCUT2D eigenvalue weighted by atomic mass is 15.0. The van der Waals surface area contributed by atoms with Gasteiger partial charge in [0.1, 0.15) is 5.82 Å². The summed E-state index contributed by atoms with van der Waals surface area (Å²) < 4.78 is 0. The second kappa shape index (κ2) is 5.25. The Morgan fingerprint density at radius 2 is 2.20 bits per heavy atom. The molecule has 1 aromatic heterocycles. The third kappa shape index (κ3) is 2.59. The number of anilines is 3. The number of nitrogens with zero attached hydrogens (tertiary/aromatic N) is 1. The molecule has 1 aliphatic rings. The first-order valence-electron chi connectivity index (χ1n) is 6.73. The van der Waals surface area contributed by atoms with E-state index in [1.165, 1.54) is 16.8 Å². The van der Waals surface area contributed by atoms with Crippen molar-refractivity contribution in [2.24, 2.45) is 0 Å². The first-order valence-corrected chi connectivity index (χ1v) is 6.73. The van der Waals surface area contributed by atoms with Gasteiger partial charge in [0.05, 0.1) is 5.69 Å². The van der Waals surface area contributed by atoms with Crippen LogP contribution in [0.3, 0.4) is 0 Å². The molecule has 0 fully saturated rings. The maximum absolute atomic E-state index is 5.90. The van der Waals surface area contributed by atoms with Gasteiger partial charge in [-0.2, -0.15) is 0 Å². The van der Waals surface area contributed by atoms with E-state index >= 15 is 0 Å². The van der Waals surface area contributed by atoms with Gasteiger partial charge in [0.25, 0.3) is 0 Å². The van der Waals surface area contributed by atoms with Gasteiger partial charge >= 0.3 is 0 Å². The van der Waals surface area contributed by atoms with Gasteiger partial charge in [-0.1, -0.05) is 18.2 Å². The summed E-state index contributed by atoms with van der Waals surface area (Å²) in [4.78, 5) is 4.25. The number of nitrogens with two attached hydrogens (primary N) is 1. The van der Waals surface area contributed by atoms with Gasteiger partial charge in [-0.25, -0.2) is 4.98 Å². The van der Waals surface area contributed by atoms with Crippen LogP contribution in [0.1, 0.15) is 16.8 Å². The quantitative estimate of drug-likeness (QED) is 0.799. The Morgan fingerprint density at radius 1 is 1.30 bits per heavy atom. The second-order valence-corrected chi connectivity index (χ2v) is 4.98. The van der Waals surface area contributed by atoms with Crippen LogP contribution in [0, 0.1) is 6.92 Å². The summed E-state index contributed by atoms with van der Waals surface area (Å²) in [7, 11) is 0. The Bertz CT molecular complexity index is 662. The number of aryl methyl sites for hydroxylation is 1. The van der Waals surface area contributed by atoms with Gasteiger partial charge in [0.15, 0.2) is 0 Å². The van der Waals surface area contributed by atoms with Gasteiger partial charge in [-0.15, -0.1) is 0 Å². The number of rotatable bonds is 3. The van der Waals surface area contributed by atoms with Crippen molar-refractivity contribution in [2.75, 3.05) is 16.4 Å². The Labute approximate surface area is 118 Å². The molecule has 4 N–H and O–H groups in total. The van der Waals surface area contributed by atoms with Crippen LogP contribution in [0.2, 0.25) is 0 Å². The number of benzene rings is 1. The third-order valence-electron chi connectivity index (χ3n) is 3.42. The lowest BCUT2D eigenvalue weighted by atomic mass is 10.0. The van der Waals surface area contributed by atoms with E-state index in [4.69, 9.17) is 5.73 Å². The van der Waals surface area contributed by atoms with Crippen molar-refractivity contribution in [1.82, 2.24) is 4.98 Å². The minimum Gasteiger partial charge on any atom is -0.382 e. The Morgan fingerprint density at radius 3 is 3.05 bits per heavy atom. The summed E-state index contributed by atoms with van der Waals surface area (Å²) in [5, 5.41) is 6.60. The van der Waals surface area contributed by atoms with Crippen LogP contribution < -0.4 is 16.4 Å². The van der Waals surface area contributed by atoms with Crippen LogP contribution in [0.15, 0.2) is 42.6 Å². The van der Waals surface area contributed by atoms with Crippen LogP contribution in [0.4, 0.5) is 17.2 Å². The van der Waals surface area contributed by atoms with E-state index in [1.807, 2.05) is 25.3 Å². The second-order valence-electron chi connectivity index (χ2n) is 4.98. The molecule has 0 atom stereocenters. The van der Waals surface area contributed by atoms with Gasteiger partial charge in [0.2, 0.25) is 0 Å². The minimum absolute atomic E-state index is 0.545. The maximum atomic E-state index is 5.90. The number of nitrogens with one attached hydrogen (secondary N) is 2. The average molecular weight is 266 g/mol. The van der Waals surface area contributed by atoms with Gasteiger partial charge in [-0.05, 0) is 48.9 Å². The summed E-state index contributed by atoms with van der Waals surface area (Å²) >= 11 is 0. The van der Waals surface area contributed by atoms with Crippen LogP contribution in [0.5, 0.6) is 0 Å². The van der Waals surface area contributed by atoms with Crippen molar-refractivity contribution in [1.29, 1.82) is 0 Å². The Kier molecular flexibility index (Phi) is 3.29. The number of allylic oxidation sites excluding steroid dienone is 1. The lowest BCUT2D eigenvalue weighted by Gasteiger charge is -2.15. The number of nitrogen functional groups attached to an aromatic ring is 1. The van der Waals surface area contributed by atoms with E-state index in [9.17, 15) is 0 Å². The SMILES string of the molecule is Cc1ccc(NCc2ccc3c(c2)NC=CC3)c(N)n1. The molecule has 0 amide bonds. The topological polar surface area (TPSA) is 63.0 Å². The third-order valence-corrected chi connectivity index (χ3v) is 3.42. The molecule has 1 aromatic carbocycles. The van der Waals surface area contributed by atoms with Gasteiger partial charge in [-0.3, -0.25) is 0 Å². The normalized spacial score (nSPS) is 12.7. The molecule has 4 heteroatoms. The average Bonchev–Trinajstić information content (AvgIpc) is 2.46. The minimum atomic E-state index is 0.545. The van der Waals surface area contributed by atoms with E-state index in [-0.39, 0.29) is 0 Å².